The summed E-state index contributed by atoms with van der Waals surface area (Å²) in [7, 11) is 0. The molecule has 31 heavy (non-hydrogen) atoms. The Balaban J connectivity index is 1.89. The molecular formula is C21H18ClN3O6. The number of azide groups is 1. The van der Waals surface area contributed by atoms with E-state index in [4.69, 9.17) is 26.6 Å². The van der Waals surface area contributed by atoms with E-state index in [-0.39, 0.29) is 52.2 Å². The van der Waals surface area contributed by atoms with Crippen LogP contribution in [0.5, 0.6) is 0 Å². The van der Waals surface area contributed by atoms with Crippen LogP contribution in [0.3, 0.4) is 0 Å². The molecule has 0 heterocycles. The van der Waals surface area contributed by atoms with Gasteiger partial charge in [0.25, 0.3) is 0 Å². The van der Waals surface area contributed by atoms with Crippen molar-refractivity contribution in [1.82, 2.24) is 0 Å². The summed E-state index contributed by atoms with van der Waals surface area (Å²) in [5, 5.41) is 13.1. The van der Waals surface area contributed by atoms with E-state index in [9.17, 15) is 19.5 Å². The Hall–Kier alpha value is -3.81. The third-order valence-electron chi connectivity index (χ3n) is 4.01. The van der Waals surface area contributed by atoms with Crippen LogP contribution < -0.4 is 0 Å². The molecule has 0 unspecified atom stereocenters. The summed E-state index contributed by atoms with van der Waals surface area (Å²) in [5.41, 5.74) is 9.59. The Morgan fingerprint density at radius 3 is 2.10 bits per heavy atom. The predicted octanol–water partition coefficient (Wildman–Crippen LogP) is 5.17. The average Bonchev–Trinajstić information content (AvgIpc) is 2.71. The number of ketones is 1. The molecule has 0 spiro atoms. The third kappa shape index (κ3) is 6.33. The molecule has 0 fully saturated rings. The fourth-order valence-corrected chi connectivity index (χ4v) is 2.91. The van der Waals surface area contributed by atoms with Gasteiger partial charge in [-0.2, -0.15) is 0 Å². The van der Waals surface area contributed by atoms with E-state index in [1.165, 1.54) is 56.3 Å². The second-order valence-electron chi connectivity index (χ2n) is 6.22. The van der Waals surface area contributed by atoms with Gasteiger partial charge in [-0.15, -0.1) is 0 Å². The number of esters is 2. The molecule has 0 aliphatic rings. The molecule has 10 heteroatoms. The summed E-state index contributed by atoms with van der Waals surface area (Å²) in [4.78, 5) is 38.4. The number of hydrogen-bond acceptors (Lipinski definition) is 7. The van der Waals surface area contributed by atoms with Crippen molar-refractivity contribution in [2.24, 2.45) is 5.11 Å². The lowest BCUT2D eigenvalue weighted by atomic mass is 10.00. The summed E-state index contributed by atoms with van der Waals surface area (Å²) in [6.07, 6.45) is 0. The second-order valence-corrected chi connectivity index (χ2v) is 6.63. The molecule has 0 aromatic heterocycles. The Labute approximate surface area is 182 Å². The standard InChI is InChI=1S/C21H18ClN3O6/c1-12(26)19(13(2)27)14-3-5-15(6-4-14)20(28)30-9-10-31-21(29)17-8-7-16(24-25-23)11-18(17)22/h3-8,11,26H,9-10H2,1-2H3/b19-12+. The molecule has 2 rings (SSSR count). The summed E-state index contributed by atoms with van der Waals surface area (Å²) < 4.78 is 10.1. The number of carbonyl (C=O) groups is 3. The summed E-state index contributed by atoms with van der Waals surface area (Å²) in [6.45, 7) is 2.36. The lowest BCUT2D eigenvalue weighted by Crippen LogP contribution is -2.14. The molecule has 0 atom stereocenters. The molecule has 9 nitrogen and oxygen atoms in total. The first-order chi connectivity index (χ1) is 14.7. The number of ether oxygens (including phenoxy) is 2. The highest BCUT2D eigenvalue weighted by molar-refractivity contribution is 6.33. The fraction of sp³-hybridized carbons (Fsp3) is 0.190. The van der Waals surface area contributed by atoms with Crippen LogP contribution in [0.4, 0.5) is 5.69 Å². The molecule has 0 amide bonds. The Morgan fingerprint density at radius 2 is 1.58 bits per heavy atom. The Morgan fingerprint density at radius 1 is 1.00 bits per heavy atom. The average molecular weight is 444 g/mol. The minimum absolute atomic E-state index is 0.0593. The zero-order valence-electron chi connectivity index (χ0n) is 16.7. The van der Waals surface area contributed by atoms with Crippen LogP contribution in [-0.4, -0.2) is 36.0 Å². The number of hydrogen-bond donors (Lipinski definition) is 1. The molecule has 0 radical (unpaired) electrons. The van der Waals surface area contributed by atoms with Crippen molar-refractivity contribution in [3.8, 4) is 0 Å². The molecule has 0 saturated heterocycles. The zero-order chi connectivity index (χ0) is 23.0. The highest BCUT2D eigenvalue weighted by Gasteiger charge is 2.15. The van der Waals surface area contributed by atoms with E-state index in [1.807, 2.05) is 0 Å². The first-order valence-corrected chi connectivity index (χ1v) is 9.32. The number of benzene rings is 2. The number of nitrogens with zero attached hydrogens (tertiary/aromatic N) is 3. The topological polar surface area (TPSA) is 139 Å². The van der Waals surface area contributed by atoms with Crippen molar-refractivity contribution in [2.45, 2.75) is 13.8 Å². The number of Topliss-reactive ketones (excluding diaryl/α,β-unsaturated/α-hetero) is 1. The second kappa shape index (κ2) is 10.8. The minimum atomic E-state index is -0.721. The van der Waals surface area contributed by atoms with Crippen molar-refractivity contribution in [1.29, 1.82) is 0 Å². The molecule has 0 bridgehead atoms. The largest absolute Gasteiger partial charge is 0.512 e. The molecule has 1 N–H and O–H groups in total. The van der Waals surface area contributed by atoms with Gasteiger partial charge in [-0.05, 0) is 49.2 Å². The van der Waals surface area contributed by atoms with Crippen LogP contribution >= 0.6 is 11.6 Å². The maximum Gasteiger partial charge on any atom is 0.339 e. The molecular weight excluding hydrogens is 426 g/mol. The highest BCUT2D eigenvalue weighted by Crippen LogP contribution is 2.24. The quantitative estimate of drug-likeness (QED) is 0.113. The SMILES string of the molecule is CC(=O)/C(=C(/C)O)c1ccc(C(=O)OCCOC(=O)c2ccc(N=[N+]=[N-])cc2Cl)cc1. The van der Waals surface area contributed by atoms with Crippen LogP contribution in [-0.2, 0) is 14.3 Å². The summed E-state index contributed by atoms with van der Waals surface area (Å²) in [6, 6.07) is 10.1. The van der Waals surface area contributed by atoms with E-state index in [1.54, 1.807) is 0 Å². The first-order valence-electron chi connectivity index (χ1n) is 8.94. The number of rotatable bonds is 8. The van der Waals surface area contributed by atoms with Gasteiger partial charge in [0.15, 0.2) is 5.78 Å². The molecule has 2 aromatic carbocycles. The van der Waals surface area contributed by atoms with E-state index < -0.39 is 11.9 Å². The summed E-state index contributed by atoms with van der Waals surface area (Å²) in [5.74, 6) is -1.78. The number of allylic oxidation sites excluding steroid dienone is 2. The third-order valence-corrected chi connectivity index (χ3v) is 4.32. The lowest BCUT2D eigenvalue weighted by Gasteiger charge is -2.09. The first kappa shape index (κ1) is 23.5. The zero-order valence-corrected chi connectivity index (χ0v) is 17.4. The van der Waals surface area contributed by atoms with E-state index in [2.05, 4.69) is 10.0 Å². The van der Waals surface area contributed by atoms with Crippen LogP contribution in [0.15, 0.2) is 53.3 Å². The van der Waals surface area contributed by atoms with Crippen molar-refractivity contribution in [3.05, 3.63) is 80.4 Å². The Kier molecular flexibility index (Phi) is 8.19. The Bertz CT molecular complexity index is 1080. The predicted molar refractivity (Wildman–Crippen MR) is 113 cm³/mol. The number of carbonyl (C=O) groups excluding carboxylic acids is 3. The van der Waals surface area contributed by atoms with Gasteiger partial charge >= 0.3 is 11.9 Å². The number of aliphatic hydroxyl groups is 1. The van der Waals surface area contributed by atoms with Crippen LogP contribution in [0.1, 0.15) is 40.1 Å². The normalized spacial score (nSPS) is 11.1. The minimum Gasteiger partial charge on any atom is -0.512 e. The summed E-state index contributed by atoms with van der Waals surface area (Å²) >= 11 is 5.97. The molecule has 2 aromatic rings. The van der Waals surface area contributed by atoms with Gasteiger partial charge in [-0.3, -0.25) is 4.79 Å². The van der Waals surface area contributed by atoms with Gasteiger partial charge in [-0.1, -0.05) is 34.9 Å². The molecule has 160 valence electrons. The van der Waals surface area contributed by atoms with Crippen molar-refractivity contribution in [3.63, 3.8) is 0 Å². The maximum absolute atomic E-state index is 12.1. The van der Waals surface area contributed by atoms with Crippen molar-refractivity contribution in [2.75, 3.05) is 13.2 Å². The van der Waals surface area contributed by atoms with Crippen LogP contribution in [0.2, 0.25) is 5.02 Å². The van der Waals surface area contributed by atoms with Gasteiger partial charge in [0.1, 0.15) is 19.0 Å². The van der Waals surface area contributed by atoms with Crippen molar-refractivity contribution >= 4 is 40.6 Å². The monoisotopic (exact) mass is 443 g/mol. The van der Waals surface area contributed by atoms with Crippen molar-refractivity contribution < 1.29 is 29.0 Å². The molecule has 0 aliphatic carbocycles. The van der Waals surface area contributed by atoms with Gasteiger partial charge in [0.2, 0.25) is 0 Å². The van der Waals surface area contributed by atoms with Crippen LogP contribution in [0, 0.1) is 0 Å². The van der Waals surface area contributed by atoms with Gasteiger partial charge in [-0.25, -0.2) is 9.59 Å². The number of aliphatic hydroxyl groups excluding tert-OH is 1. The van der Waals surface area contributed by atoms with Gasteiger partial charge in [0.05, 0.1) is 21.7 Å². The number of halogens is 1. The molecule has 0 aliphatic heterocycles. The lowest BCUT2D eigenvalue weighted by molar-refractivity contribution is -0.111. The maximum atomic E-state index is 12.1. The van der Waals surface area contributed by atoms with E-state index >= 15 is 0 Å². The molecule has 0 saturated carbocycles. The van der Waals surface area contributed by atoms with Gasteiger partial charge in [0, 0.05) is 10.6 Å². The highest BCUT2D eigenvalue weighted by atomic mass is 35.5. The van der Waals surface area contributed by atoms with Gasteiger partial charge < -0.3 is 14.6 Å². The fourth-order valence-electron chi connectivity index (χ4n) is 2.65. The smallest absolute Gasteiger partial charge is 0.339 e. The van der Waals surface area contributed by atoms with E-state index in [0.29, 0.717) is 5.56 Å². The van der Waals surface area contributed by atoms with E-state index in [0.717, 1.165) is 0 Å². The van der Waals surface area contributed by atoms with Crippen LogP contribution in [0.25, 0.3) is 16.0 Å².